The number of hydrogen-bond donors (Lipinski definition) is 1. The third-order valence-electron chi connectivity index (χ3n) is 3.35. The van der Waals surface area contributed by atoms with E-state index >= 15 is 0 Å². The molecule has 0 saturated heterocycles. The number of nitrogens with zero attached hydrogens (tertiary/aromatic N) is 1. The van der Waals surface area contributed by atoms with Gasteiger partial charge in [-0.25, -0.2) is 4.39 Å². The van der Waals surface area contributed by atoms with Gasteiger partial charge in [0.25, 0.3) is 5.56 Å². The molecule has 24 heavy (non-hydrogen) atoms. The lowest BCUT2D eigenvalue weighted by Crippen LogP contribution is -2.32. The van der Waals surface area contributed by atoms with Crippen molar-refractivity contribution in [2.45, 2.75) is 26.2 Å². The Morgan fingerprint density at radius 3 is 2.54 bits per heavy atom. The highest BCUT2D eigenvalue weighted by atomic mass is 19.4. The molecular weight excluding hydrogens is 328 g/mol. The van der Waals surface area contributed by atoms with E-state index in [0.717, 1.165) is 6.07 Å². The van der Waals surface area contributed by atoms with Crippen LogP contribution in [0.4, 0.5) is 17.6 Å². The maximum Gasteiger partial charge on any atom is 0.417 e. The van der Waals surface area contributed by atoms with Crippen LogP contribution >= 0.6 is 0 Å². The second-order valence-corrected chi connectivity index (χ2v) is 5.24. The SMILES string of the molecule is Cc1ccc(CNC(=O)Cn2cc(C(F)(F)F)ccc2=O)cc1F. The lowest BCUT2D eigenvalue weighted by atomic mass is 10.1. The first kappa shape index (κ1) is 17.7. The van der Waals surface area contributed by atoms with Crippen molar-refractivity contribution >= 4 is 5.91 Å². The average molecular weight is 342 g/mol. The summed E-state index contributed by atoms with van der Waals surface area (Å²) in [7, 11) is 0. The van der Waals surface area contributed by atoms with E-state index in [1.807, 2.05) is 0 Å². The predicted molar refractivity (Wildman–Crippen MR) is 78.7 cm³/mol. The van der Waals surface area contributed by atoms with Gasteiger partial charge in [0.2, 0.25) is 5.91 Å². The van der Waals surface area contributed by atoms with Crippen LogP contribution in [0.15, 0.2) is 41.3 Å². The Balaban J connectivity index is 2.04. The van der Waals surface area contributed by atoms with Crippen LogP contribution in [0, 0.1) is 12.7 Å². The maximum absolute atomic E-state index is 13.4. The van der Waals surface area contributed by atoms with Crippen molar-refractivity contribution in [2.24, 2.45) is 0 Å². The van der Waals surface area contributed by atoms with E-state index in [1.165, 1.54) is 6.07 Å². The number of aryl methyl sites for hydroxylation is 1. The summed E-state index contributed by atoms with van der Waals surface area (Å²) in [5.74, 6) is -1.08. The number of amides is 1. The molecule has 0 aliphatic rings. The minimum absolute atomic E-state index is 0.00372. The summed E-state index contributed by atoms with van der Waals surface area (Å²) in [4.78, 5) is 23.4. The van der Waals surface area contributed by atoms with Crippen molar-refractivity contribution in [3.8, 4) is 0 Å². The van der Waals surface area contributed by atoms with Gasteiger partial charge in [0, 0.05) is 18.8 Å². The minimum Gasteiger partial charge on any atom is -0.350 e. The predicted octanol–water partition coefficient (Wildman–Crippen LogP) is 2.63. The lowest BCUT2D eigenvalue weighted by molar-refractivity contribution is -0.138. The van der Waals surface area contributed by atoms with Gasteiger partial charge < -0.3 is 9.88 Å². The molecule has 1 amide bonds. The fraction of sp³-hybridized carbons (Fsp3) is 0.250. The third kappa shape index (κ3) is 4.43. The molecule has 0 atom stereocenters. The molecule has 0 radical (unpaired) electrons. The molecule has 1 aromatic carbocycles. The van der Waals surface area contributed by atoms with Crippen LogP contribution in [0.1, 0.15) is 16.7 Å². The van der Waals surface area contributed by atoms with Crippen LogP contribution in [-0.4, -0.2) is 10.5 Å². The molecule has 0 aliphatic heterocycles. The number of nitrogens with one attached hydrogen (secondary N) is 1. The van der Waals surface area contributed by atoms with Crippen LogP contribution in [-0.2, 0) is 24.1 Å². The van der Waals surface area contributed by atoms with Crippen LogP contribution in [0.5, 0.6) is 0 Å². The molecule has 0 spiro atoms. The highest BCUT2D eigenvalue weighted by Crippen LogP contribution is 2.27. The zero-order valence-electron chi connectivity index (χ0n) is 12.7. The van der Waals surface area contributed by atoms with Crippen molar-refractivity contribution in [1.82, 2.24) is 9.88 Å². The van der Waals surface area contributed by atoms with Gasteiger partial charge in [-0.3, -0.25) is 9.59 Å². The molecule has 0 saturated carbocycles. The van der Waals surface area contributed by atoms with E-state index in [0.29, 0.717) is 28.0 Å². The number of aromatic nitrogens is 1. The fourth-order valence-corrected chi connectivity index (χ4v) is 1.98. The quantitative estimate of drug-likeness (QED) is 0.869. The number of rotatable bonds is 4. The lowest BCUT2D eigenvalue weighted by Gasteiger charge is -2.11. The molecule has 4 nitrogen and oxygen atoms in total. The summed E-state index contributed by atoms with van der Waals surface area (Å²) >= 11 is 0. The Labute approximate surface area is 134 Å². The number of hydrogen-bond acceptors (Lipinski definition) is 2. The van der Waals surface area contributed by atoms with Crippen LogP contribution in [0.25, 0.3) is 0 Å². The number of carbonyl (C=O) groups excluding carboxylic acids is 1. The summed E-state index contributed by atoms with van der Waals surface area (Å²) in [6, 6.07) is 5.84. The largest absolute Gasteiger partial charge is 0.417 e. The van der Waals surface area contributed by atoms with E-state index in [-0.39, 0.29) is 6.54 Å². The van der Waals surface area contributed by atoms with Crippen molar-refractivity contribution in [2.75, 3.05) is 0 Å². The van der Waals surface area contributed by atoms with Crippen molar-refractivity contribution in [3.05, 3.63) is 69.4 Å². The molecule has 1 N–H and O–H groups in total. The van der Waals surface area contributed by atoms with Crippen molar-refractivity contribution in [3.63, 3.8) is 0 Å². The molecule has 2 rings (SSSR count). The molecule has 2 aromatic rings. The van der Waals surface area contributed by atoms with E-state index in [1.54, 1.807) is 19.1 Å². The number of pyridine rings is 1. The normalized spacial score (nSPS) is 11.4. The van der Waals surface area contributed by atoms with Gasteiger partial charge in [0.1, 0.15) is 12.4 Å². The Bertz CT molecular complexity index is 812. The van der Waals surface area contributed by atoms with Gasteiger partial charge in [0.05, 0.1) is 5.56 Å². The smallest absolute Gasteiger partial charge is 0.350 e. The molecule has 0 unspecified atom stereocenters. The van der Waals surface area contributed by atoms with Crippen molar-refractivity contribution < 1.29 is 22.4 Å². The minimum atomic E-state index is -4.61. The Morgan fingerprint density at radius 2 is 1.92 bits per heavy atom. The first-order chi connectivity index (χ1) is 11.2. The zero-order valence-corrected chi connectivity index (χ0v) is 12.7. The monoisotopic (exact) mass is 342 g/mol. The van der Waals surface area contributed by atoms with Gasteiger partial charge in [-0.1, -0.05) is 12.1 Å². The molecule has 0 aliphatic carbocycles. The Hall–Kier alpha value is -2.64. The Morgan fingerprint density at radius 1 is 1.21 bits per heavy atom. The second-order valence-electron chi connectivity index (χ2n) is 5.24. The molecule has 1 aromatic heterocycles. The maximum atomic E-state index is 13.4. The molecular formula is C16H14F4N2O2. The molecule has 1 heterocycles. The van der Waals surface area contributed by atoms with E-state index in [4.69, 9.17) is 0 Å². The summed E-state index contributed by atoms with van der Waals surface area (Å²) in [6.45, 7) is 1.04. The highest BCUT2D eigenvalue weighted by Gasteiger charge is 2.31. The summed E-state index contributed by atoms with van der Waals surface area (Å²) in [5.41, 5.74) is -0.779. The Kier molecular flexibility index (Phi) is 5.06. The summed E-state index contributed by atoms with van der Waals surface area (Å²) in [6.07, 6.45) is -4.02. The number of alkyl halides is 3. The van der Waals surface area contributed by atoms with Crippen molar-refractivity contribution in [1.29, 1.82) is 0 Å². The number of carbonyl (C=O) groups is 1. The third-order valence-corrected chi connectivity index (χ3v) is 3.35. The molecule has 0 bridgehead atoms. The first-order valence-electron chi connectivity index (χ1n) is 6.96. The molecule has 0 fully saturated rings. The highest BCUT2D eigenvalue weighted by molar-refractivity contribution is 5.75. The van der Waals surface area contributed by atoms with Gasteiger partial charge in [0.15, 0.2) is 0 Å². The fourth-order valence-electron chi connectivity index (χ4n) is 1.98. The summed E-state index contributed by atoms with van der Waals surface area (Å²) < 4.78 is 51.9. The number of benzene rings is 1. The number of halogens is 4. The van der Waals surface area contributed by atoms with E-state index in [9.17, 15) is 27.2 Å². The van der Waals surface area contributed by atoms with E-state index < -0.39 is 35.6 Å². The van der Waals surface area contributed by atoms with Gasteiger partial charge >= 0.3 is 6.18 Å². The zero-order chi connectivity index (χ0) is 17.9. The van der Waals surface area contributed by atoms with Gasteiger partial charge in [-0.05, 0) is 30.2 Å². The molecule has 8 heteroatoms. The molecule has 128 valence electrons. The van der Waals surface area contributed by atoms with E-state index in [2.05, 4.69) is 5.32 Å². The van der Waals surface area contributed by atoms with Gasteiger partial charge in [-0.2, -0.15) is 13.2 Å². The second kappa shape index (κ2) is 6.86. The standard InChI is InChI=1S/C16H14F4N2O2/c1-10-2-3-11(6-13(10)17)7-21-14(23)9-22-8-12(16(18,19)20)4-5-15(22)24/h2-6,8H,7,9H2,1H3,(H,21,23). The van der Waals surface area contributed by atoms with Crippen LogP contribution in [0.3, 0.4) is 0 Å². The van der Waals surface area contributed by atoms with Crippen LogP contribution in [0.2, 0.25) is 0 Å². The first-order valence-corrected chi connectivity index (χ1v) is 6.96. The van der Waals surface area contributed by atoms with Crippen LogP contribution < -0.4 is 10.9 Å². The topological polar surface area (TPSA) is 51.1 Å². The summed E-state index contributed by atoms with van der Waals surface area (Å²) in [5, 5.41) is 2.43. The average Bonchev–Trinajstić information content (AvgIpc) is 2.49. The van der Waals surface area contributed by atoms with Gasteiger partial charge in [-0.15, -0.1) is 0 Å².